The highest BCUT2D eigenvalue weighted by molar-refractivity contribution is 7.80. The first kappa shape index (κ1) is 12.8. The van der Waals surface area contributed by atoms with E-state index in [1.54, 1.807) is 24.3 Å². The molecule has 0 bridgehead atoms. The van der Waals surface area contributed by atoms with Gasteiger partial charge in [0.15, 0.2) is 11.6 Å². The van der Waals surface area contributed by atoms with Crippen molar-refractivity contribution in [2.24, 2.45) is 0 Å². The van der Waals surface area contributed by atoms with Gasteiger partial charge in [-0.2, -0.15) is 0 Å². The minimum absolute atomic E-state index is 0.0492. The summed E-state index contributed by atoms with van der Waals surface area (Å²) in [6.45, 7) is 1.86. The van der Waals surface area contributed by atoms with Gasteiger partial charge in [-0.25, -0.2) is 8.78 Å². The molecule has 2 rings (SSSR count). The van der Waals surface area contributed by atoms with Crippen molar-refractivity contribution in [3.8, 4) is 0 Å². The number of halogens is 2. The molecule has 0 aliphatic heterocycles. The van der Waals surface area contributed by atoms with Crippen LogP contribution in [0.2, 0.25) is 0 Å². The number of aryl methyl sites for hydroxylation is 1. The number of rotatable bonds is 2. The molecule has 4 heteroatoms. The molecule has 0 heterocycles. The van der Waals surface area contributed by atoms with Crippen LogP contribution in [0.3, 0.4) is 0 Å². The highest BCUT2D eigenvalue weighted by Gasteiger charge is 2.20. The number of benzene rings is 2. The Kier molecular flexibility index (Phi) is 3.48. The van der Waals surface area contributed by atoms with Gasteiger partial charge in [0, 0.05) is 10.5 Å². The highest BCUT2D eigenvalue weighted by atomic mass is 32.1. The van der Waals surface area contributed by atoms with Crippen molar-refractivity contribution in [3.63, 3.8) is 0 Å². The van der Waals surface area contributed by atoms with Crippen LogP contribution in [0.15, 0.2) is 41.3 Å². The fraction of sp³-hybridized carbons (Fsp3) is 0.0714. The standard InChI is InChI=1S/C14H10F2OS/c1-8-2-4-9(5-3-8)14(17)12-10(15)6-7-11(18)13(12)16/h2-7,18H,1H3. The summed E-state index contributed by atoms with van der Waals surface area (Å²) < 4.78 is 27.3. The van der Waals surface area contributed by atoms with Crippen LogP contribution in [0.25, 0.3) is 0 Å². The van der Waals surface area contributed by atoms with Gasteiger partial charge in [-0.15, -0.1) is 12.6 Å². The Morgan fingerprint density at radius 3 is 2.28 bits per heavy atom. The smallest absolute Gasteiger partial charge is 0.198 e. The van der Waals surface area contributed by atoms with E-state index in [9.17, 15) is 13.6 Å². The van der Waals surface area contributed by atoms with Crippen LogP contribution >= 0.6 is 12.6 Å². The Morgan fingerprint density at radius 1 is 1.06 bits per heavy atom. The van der Waals surface area contributed by atoms with Crippen molar-refractivity contribution < 1.29 is 13.6 Å². The van der Waals surface area contributed by atoms with Crippen LogP contribution in [-0.4, -0.2) is 5.78 Å². The maximum Gasteiger partial charge on any atom is 0.198 e. The van der Waals surface area contributed by atoms with Gasteiger partial charge in [0.2, 0.25) is 0 Å². The lowest BCUT2D eigenvalue weighted by atomic mass is 10.0. The average Bonchev–Trinajstić information content (AvgIpc) is 2.35. The molecular formula is C14H10F2OS. The maximum absolute atomic E-state index is 13.7. The number of ketones is 1. The van der Waals surface area contributed by atoms with Crippen molar-refractivity contribution in [3.05, 3.63) is 64.7 Å². The number of thiol groups is 1. The van der Waals surface area contributed by atoms with Crippen LogP contribution in [-0.2, 0) is 0 Å². The minimum atomic E-state index is -0.927. The molecule has 0 N–H and O–H groups in total. The molecular weight excluding hydrogens is 254 g/mol. The van der Waals surface area contributed by atoms with E-state index >= 15 is 0 Å². The molecule has 0 aliphatic rings. The van der Waals surface area contributed by atoms with Gasteiger partial charge in [-0.05, 0) is 19.1 Å². The van der Waals surface area contributed by atoms with Crippen LogP contribution in [0, 0.1) is 18.6 Å². The summed E-state index contributed by atoms with van der Waals surface area (Å²) >= 11 is 3.84. The molecule has 0 fully saturated rings. The quantitative estimate of drug-likeness (QED) is 0.645. The molecule has 0 aliphatic carbocycles. The number of hydrogen-bond donors (Lipinski definition) is 1. The lowest BCUT2D eigenvalue weighted by molar-refractivity contribution is 0.103. The van der Waals surface area contributed by atoms with Gasteiger partial charge in [0.05, 0.1) is 5.56 Å². The number of hydrogen-bond acceptors (Lipinski definition) is 2. The summed E-state index contributed by atoms with van der Waals surface area (Å²) in [5, 5.41) is 0. The van der Waals surface area contributed by atoms with Crippen LogP contribution in [0.5, 0.6) is 0 Å². The predicted octanol–water partition coefficient (Wildman–Crippen LogP) is 3.79. The van der Waals surface area contributed by atoms with Crippen LogP contribution < -0.4 is 0 Å². The van der Waals surface area contributed by atoms with Crippen molar-refractivity contribution in [1.82, 2.24) is 0 Å². The summed E-state index contributed by atoms with van der Waals surface area (Å²) in [5.41, 5.74) is 0.652. The molecule has 0 atom stereocenters. The summed E-state index contributed by atoms with van der Waals surface area (Å²) in [5.74, 6) is -2.49. The zero-order chi connectivity index (χ0) is 13.3. The Hall–Kier alpha value is -1.68. The van der Waals surface area contributed by atoms with Crippen LogP contribution in [0.4, 0.5) is 8.78 Å². The molecule has 2 aromatic rings. The topological polar surface area (TPSA) is 17.1 Å². The molecule has 2 aromatic carbocycles. The van der Waals surface area contributed by atoms with E-state index in [0.29, 0.717) is 0 Å². The predicted molar refractivity (Wildman–Crippen MR) is 68.2 cm³/mol. The van der Waals surface area contributed by atoms with Gasteiger partial charge in [0.1, 0.15) is 5.82 Å². The highest BCUT2D eigenvalue weighted by Crippen LogP contribution is 2.22. The van der Waals surface area contributed by atoms with E-state index in [-0.39, 0.29) is 10.5 Å². The minimum Gasteiger partial charge on any atom is -0.288 e. The molecule has 0 amide bonds. The van der Waals surface area contributed by atoms with Gasteiger partial charge < -0.3 is 0 Å². The second-order valence-corrected chi connectivity index (χ2v) is 4.43. The maximum atomic E-state index is 13.7. The second-order valence-electron chi connectivity index (χ2n) is 3.95. The van der Waals surface area contributed by atoms with Crippen LogP contribution in [0.1, 0.15) is 21.5 Å². The van der Waals surface area contributed by atoms with Crippen molar-refractivity contribution >= 4 is 18.4 Å². The SMILES string of the molecule is Cc1ccc(C(=O)c2c(F)ccc(S)c2F)cc1. The summed E-state index contributed by atoms with van der Waals surface area (Å²) in [6, 6.07) is 8.73. The van der Waals surface area contributed by atoms with E-state index in [2.05, 4.69) is 12.6 Å². The van der Waals surface area contributed by atoms with Crippen molar-refractivity contribution in [2.45, 2.75) is 11.8 Å². The van der Waals surface area contributed by atoms with Gasteiger partial charge >= 0.3 is 0 Å². The number of carbonyl (C=O) groups excluding carboxylic acids is 1. The van der Waals surface area contributed by atoms with E-state index < -0.39 is 23.0 Å². The Morgan fingerprint density at radius 2 is 1.67 bits per heavy atom. The molecule has 18 heavy (non-hydrogen) atoms. The Balaban J connectivity index is 2.52. The third-order valence-corrected chi connectivity index (χ3v) is 2.96. The molecule has 0 spiro atoms. The number of carbonyl (C=O) groups is 1. The third kappa shape index (κ3) is 2.29. The molecule has 92 valence electrons. The molecule has 0 radical (unpaired) electrons. The molecule has 0 unspecified atom stereocenters. The van der Waals surface area contributed by atoms with Crippen molar-refractivity contribution in [2.75, 3.05) is 0 Å². The molecule has 0 aromatic heterocycles. The zero-order valence-electron chi connectivity index (χ0n) is 9.58. The Bertz CT molecular complexity index is 606. The normalized spacial score (nSPS) is 10.4. The Labute approximate surface area is 109 Å². The summed E-state index contributed by atoms with van der Waals surface area (Å²) in [4.78, 5) is 12.0. The lowest BCUT2D eigenvalue weighted by Crippen LogP contribution is -2.08. The van der Waals surface area contributed by atoms with E-state index in [0.717, 1.165) is 11.6 Å². The molecule has 0 saturated heterocycles. The first-order valence-corrected chi connectivity index (χ1v) is 5.73. The molecule has 1 nitrogen and oxygen atoms in total. The first-order chi connectivity index (χ1) is 8.50. The first-order valence-electron chi connectivity index (χ1n) is 5.29. The van der Waals surface area contributed by atoms with Crippen molar-refractivity contribution in [1.29, 1.82) is 0 Å². The fourth-order valence-corrected chi connectivity index (χ4v) is 1.79. The van der Waals surface area contributed by atoms with Gasteiger partial charge in [0.25, 0.3) is 0 Å². The summed E-state index contributed by atoms with van der Waals surface area (Å²) in [7, 11) is 0. The fourth-order valence-electron chi connectivity index (χ4n) is 1.60. The molecule has 0 saturated carbocycles. The van der Waals surface area contributed by atoms with Gasteiger partial charge in [-0.3, -0.25) is 4.79 Å². The second kappa shape index (κ2) is 4.90. The van der Waals surface area contributed by atoms with E-state index in [1.165, 1.54) is 6.07 Å². The largest absolute Gasteiger partial charge is 0.288 e. The average molecular weight is 264 g/mol. The third-order valence-electron chi connectivity index (χ3n) is 2.61. The lowest BCUT2D eigenvalue weighted by Gasteiger charge is -2.06. The van der Waals surface area contributed by atoms with E-state index in [1.807, 2.05) is 6.92 Å². The zero-order valence-corrected chi connectivity index (χ0v) is 10.5. The monoisotopic (exact) mass is 264 g/mol. The van der Waals surface area contributed by atoms with Gasteiger partial charge in [-0.1, -0.05) is 29.8 Å². The van der Waals surface area contributed by atoms with E-state index in [4.69, 9.17) is 0 Å². The summed E-state index contributed by atoms with van der Waals surface area (Å²) in [6.07, 6.45) is 0.